The molecule has 0 spiro atoms. The Kier molecular flexibility index (Phi) is 3.63. The van der Waals surface area contributed by atoms with Gasteiger partial charge in [-0.1, -0.05) is 11.6 Å². The number of nitrogens with one attached hydrogen (secondary N) is 1. The van der Waals surface area contributed by atoms with Crippen LogP contribution in [0.5, 0.6) is 0 Å². The first-order chi connectivity index (χ1) is 7.70. The van der Waals surface area contributed by atoms with E-state index in [2.05, 4.69) is 26.3 Å². The van der Waals surface area contributed by atoms with Crippen LogP contribution in [-0.4, -0.2) is 16.8 Å². The minimum atomic E-state index is 0.683. The van der Waals surface area contributed by atoms with Crippen LogP contribution in [0, 0.1) is 0 Å². The molecule has 5 heteroatoms. The zero-order valence-electron chi connectivity index (χ0n) is 8.74. The van der Waals surface area contributed by atoms with E-state index in [1.807, 2.05) is 42.2 Å². The third-order valence-electron chi connectivity index (χ3n) is 2.17. The lowest BCUT2D eigenvalue weighted by Crippen LogP contribution is -2.06. The number of aromatic nitrogens is 2. The first-order valence-electron chi connectivity index (χ1n) is 4.85. The molecule has 0 aliphatic rings. The zero-order valence-corrected chi connectivity index (χ0v) is 11.1. The summed E-state index contributed by atoms with van der Waals surface area (Å²) in [5.74, 6) is 0. The van der Waals surface area contributed by atoms with Gasteiger partial charge in [-0.15, -0.1) is 0 Å². The van der Waals surface area contributed by atoms with E-state index in [1.165, 1.54) is 0 Å². The molecule has 2 rings (SSSR count). The maximum absolute atomic E-state index is 6.03. The van der Waals surface area contributed by atoms with Crippen molar-refractivity contribution in [1.82, 2.24) is 15.1 Å². The molecule has 1 aromatic carbocycles. The van der Waals surface area contributed by atoms with Crippen LogP contribution < -0.4 is 5.32 Å². The topological polar surface area (TPSA) is 29.9 Å². The van der Waals surface area contributed by atoms with E-state index in [4.69, 9.17) is 11.6 Å². The van der Waals surface area contributed by atoms with Crippen LogP contribution in [0.25, 0.3) is 5.69 Å². The fraction of sp³-hybridized carbons (Fsp3) is 0.182. The van der Waals surface area contributed by atoms with Gasteiger partial charge in [-0.25, -0.2) is 4.68 Å². The standard InChI is InChI=1S/C11H11BrClN3/c1-14-7-8-4-5-16(15-8)9-2-3-10(12)11(13)6-9/h2-6,14H,7H2,1H3. The highest BCUT2D eigenvalue weighted by Crippen LogP contribution is 2.24. The highest BCUT2D eigenvalue weighted by Gasteiger charge is 2.03. The van der Waals surface area contributed by atoms with Gasteiger partial charge in [0.2, 0.25) is 0 Å². The molecule has 2 aromatic rings. The number of hydrogen-bond donors (Lipinski definition) is 1. The van der Waals surface area contributed by atoms with Crippen molar-refractivity contribution in [3.63, 3.8) is 0 Å². The third-order valence-corrected chi connectivity index (χ3v) is 3.40. The molecular formula is C11H11BrClN3. The molecule has 0 radical (unpaired) electrons. The second-order valence-corrected chi connectivity index (χ2v) is 4.64. The van der Waals surface area contributed by atoms with E-state index in [1.54, 1.807) is 0 Å². The summed E-state index contributed by atoms with van der Waals surface area (Å²) < 4.78 is 2.70. The van der Waals surface area contributed by atoms with Gasteiger partial charge >= 0.3 is 0 Å². The Hall–Kier alpha value is -0.840. The van der Waals surface area contributed by atoms with Crippen molar-refractivity contribution < 1.29 is 0 Å². The summed E-state index contributed by atoms with van der Waals surface area (Å²) in [5, 5.41) is 8.16. The Labute approximate surface area is 108 Å². The average Bonchev–Trinajstić information content (AvgIpc) is 2.71. The summed E-state index contributed by atoms with van der Waals surface area (Å²) in [7, 11) is 1.90. The highest BCUT2D eigenvalue weighted by atomic mass is 79.9. The molecule has 0 atom stereocenters. The zero-order chi connectivity index (χ0) is 11.5. The number of benzene rings is 1. The van der Waals surface area contributed by atoms with E-state index < -0.39 is 0 Å². The maximum atomic E-state index is 6.03. The summed E-state index contributed by atoms with van der Waals surface area (Å²) in [4.78, 5) is 0. The molecule has 0 unspecified atom stereocenters. The second kappa shape index (κ2) is 4.99. The van der Waals surface area contributed by atoms with Gasteiger partial charge in [-0.2, -0.15) is 5.10 Å². The van der Waals surface area contributed by atoms with Crippen molar-refractivity contribution in [2.75, 3.05) is 7.05 Å². The number of rotatable bonds is 3. The van der Waals surface area contributed by atoms with Crippen LogP contribution in [0.2, 0.25) is 5.02 Å². The lowest BCUT2D eigenvalue weighted by Gasteiger charge is -2.03. The molecule has 1 heterocycles. The monoisotopic (exact) mass is 299 g/mol. The molecular weight excluding hydrogens is 289 g/mol. The van der Waals surface area contributed by atoms with E-state index >= 15 is 0 Å². The largest absolute Gasteiger partial charge is 0.314 e. The smallest absolute Gasteiger partial charge is 0.0766 e. The summed E-state index contributed by atoms with van der Waals surface area (Å²) in [6.45, 7) is 0.761. The summed E-state index contributed by atoms with van der Waals surface area (Å²) in [5.41, 5.74) is 1.96. The van der Waals surface area contributed by atoms with Gasteiger partial charge in [0, 0.05) is 17.2 Å². The molecule has 0 aliphatic heterocycles. The second-order valence-electron chi connectivity index (χ2n) is 3.38. The van der Waals surface area contributed by atoms with E-state index in [0.29, 0.717) is 5.02 Å². The first-order valence-corrected chi connectivity index (χ1v) is 6.02. The van der Waals surface area contributed by atoms with E-state index in [9.17, 15) is 0 Å². The number of halogens is 2. The average molecular weight is 301 g/mol. The van der Waals surface area contributed by atoms with Gasteiger partial charge in [-0.3, -0.25) is 0 Å². The minimum absolute atomic E-state index is 0.683. The minimum Gasteiger partial charge on any atom is -0.314 e. The molecule has 3 nitrogen and oxygen atoms in total. The van der Waals surface area contributed by atoms with Crippen molar-refractivity contribution >= 4 is 27.5 Å². The van der Waals surface area contributed by atoms with E-state index in [-0.39, 0.29) is 0 Å². The Morgan fingerprint density at radius 1 is 1.44 bits per heavy atom. The molecule has 0 bridgehead atoms. The number of nitrogens with zero attached hydrogens (tertiary/aromatic N) is 2. The lowest BCUT2D eigenvalue weighted by atomic mass is 10.3. The fourth-order valence-corrected chi connectivity index (χ4v) is 1.83. The van der Waals surface area contributed by atoms with Gasteiger partial charge in [0.25, 0.3) is 0 Å². The van der Waals surface area contributed by atoms with Crippen molar-refractivity contribution in [3.8, 4) is 5.69 Å². The van der Waals surface area contributed by atoms with E-state index in [0.717, 1.165) is 22.4 Å². The summed E-state index contributed by atoms with van der Waals surface area (Å²) >= 11 is 9.39. The molecule has 16 heavy (non-hydrogen) atoms. The predicted octanol–water partition coefficient (Wildman–Crippen LogP) is 3.01. The first kappa shape index (κ1) is 11.6. The summed E-state index contributed by atoms with van der Waals surface area (Å²) in [6, 6.07) is 7.73. The van der Waals surface area contributed by atoms with Crippen molar-refractivity contribution in [1.29, 1.82) is 0 Å². The van der Waals surface area contributed by atoms with Crippen LogP contribution in [0.4, 0.5) is 0 Å². The molecule has 0 amide bonds. The van der Waals surface area contributed by atoms with Gasteiger partial charge in [0.05, 0.1) is 16.4 Å². The van der Waals surface area contributed by atoms with Gasteiger partial charge in [0.15, 0.2) is 0 Å². The molecule has 0 saturated heterocycles. The van der Waals surface area contributed by atoms with Crippen LogP contribution in [0.1, 0.15) is 5.69 Å². The molecule has 0 saturated carbocycles. The van der Waals surface area contributed by atoms with Crippen LogP contribution in [0.15, 0.2) is 34.9 Å². The lowest BCUT2D eigenvalue weighted by molar-refractivity contribution is 0.757. The third kappa shape index (κ3) is 2.45. The normalized spacial score (nSPS) is 10.7. The van der Waals surface area contributed by atoms with Crippen molar-refractivity contribution in [2.24, 2.45) is 0 Å². The Morgan fingerprint density at radius 2 is 2.25 bits per heavy atom. The Balaban J connectivity index is 2.31. The van der Waals surface area contributed by atoms with Crippen LogP contribution in [-0.2, 0) is 6.54 Å². The molecule has 84 valence electrons. The Bertz CT molecular complexity index is 496. The van der Waals surface area contributed by atoms with Gasteiger partial charge < -0.3 is 5.32 Å². The number of hydrogen-bond acceptors (Lipinski definition) is 2. The maximum Gasteiger partial charge on any atom is 0.0766 e. The van der Waals surface area contributed by atoms with Crippen molar-refractivity contribution in [3.05, 3.63) is 45.7 Å². The fourth-order valence-electron chi connectivity index (χ4n) is 1.41. The predicted molar refractivity (Wildman–Crippen MR) is 69.0 cm³/mol. The molecule has 1 aromatic heterocycles. The molecule has 1 N–H and O–H groups in total. The highest BCUT2D eigenvalue weighted by molar-refractivity contribution is 9.10. The summed E-state index contributed by atoms with van der Waals surface area (Å²) in [6.07, 6.45) is 1.92. The van der Waals surface area contributed by atoms with Crippen molar-refractivity contribution in [2.45, 2.75) is 6.54 Å². The molecule has 0 fully saturated rings. The Morgan fingerprint density at radius 3 is 2.94 bits per heavy atom. The van der Waals surface area contributed by atoms with Gasteiger partial charge in [0.1, 0.15) is 0 Å². The SMILES string of the molecule is CNCc1ccn(-c2ccc(Br)c(Cl)c2)n1. The quantitative estimate of drug-likeness (QED) is 0.944. The van der Waals surface area contributed by atoms with Gasteiger partial charge in [-0.05, 0) is 47.2 Å². The van der Waals surface area contributed by atoms with Crippen LogP contribution >= 0.6 is 27.5 Å². The molecule has 0 aliphatic carbocycles. The van der Waals surface area contributed by atoms with Crippen LogP contribution in [0.3, 0.4) is 0 Å².